The number of rotatable bonds is 7. The van der Waals surface area contributed by atoms with Crippen LogP contribution in [0.3, 0.4) is 0 Å². The van der Waals surface area contributed by atoms with Gasteiger partial charge < -0.3 is 15.5 Å². The smallest absolute Gasteiger partial charge is 0.242 e. The summed E-state index contributed by atoms with van der Waals surface area (Å²) in [5.74, 6) is 2.57. The molecule has 0 radical (unpaired) electrons. The van der Waals surface area contributed by atoms with Gasteiger partial charge in [0, 0.05) is 37.3 Å². The summed E-state index contributed by atoms with van der Waals surface area (Å²) < 4.78 is 0. The Morgan fingerprint density at radius 2 is 1.93 bits per heavy atom. The molecule has 8 heteroatoms. The molecule has 1 aliphatic carbocycles. The molecular formula is C21H33N5O2S. The van der Waals surface area contributed by atoms with Gasteiger partial charge in [-0.2, -0.15) is 11.8 Å². The molecule has 2 aliphatic rings. The molecule has 1 aliphatic heterocycles. The van der Waals surface area contributed by atoms with Crippen LogP contribution >= 0.6 is 11.8 Å². The minimum atomic E-state index is -0.450. The maximum absolute atomic E-state index is 12.7. The first-order chi connectivity index (χ1) is 14.0. The van der Waals surface area contributed by atoms with Gasteiger partial charge in [-0.25, -0.2) is 9.97 Å². The Labute approximate surface area is 177 Å². The highest BCUT2D eigenvalue weighted by atomic mass is 32.2. The molecule has 2 heterocycles. The summed E-state index contributed by atoms with van der Waals surface area (Å²) in [6.45, 7) is 5.19. The van der Waals surface area contributed by atoms with E-state index in [1.54, 1.807) is 11.8 Å². The molecule has 1 fully saturated rings. The standard InChI is InChI=1S/C21H33N5O2S/c1-14-22-18-7-5-4-6-17(18)20(23-14)26-11-8-16(9-12-26)25-21(28)19(10-13-29-3)24-15(2)27/h16,19H,4-13H2,1-3H3,(H,24,27)(H,25,28). The van der Waals surface area contributed by atoms with E-state index in [1.165, 1.54) is 31.0 Å². The number of hydrogen-bond donors (Lipinski definition) is 2. The zero-order valence-corrected chi connectivity index (χ0v) is 18.6. The maximum Gasteiger partial charge on any atom is 0.242 e. The molecule has 0 aromatic carbocycles. The molecule has 2 amide bonds. The van der Waals surface area contributed by atoms with Gasteiger partial charge in [0.15, 0.2) is 0 Å². The van der Waals surface area contributed by atoms with Gasteiger partial charge in [-0.15, -0.1) is 0 Å². The van der Waals surface area contributed by atoms with Crippen LogP contribution in [-0.2, 0) is 22.4 Å². The molecule has 1 aromatic rings. The number of hydrogen-bond acceptors (Lipinski definition) is 6. The molecule has 1 saturated heterocycles. The second kappa shape index (κ2) is 10.3. The lowest BCUT2D eigenvalue weighted by atomic mass is 9.95. The Morgan fingerprint density at radius 3 is 2.62 bits per heavy atom. The van der Waals surface area contributed by atoms with Crippen LogP contribution < -0.4 is 15.5 Å². The van der Waals surface area contributed by atoms with E-state index in [0.717, 1.165) is 56.2 Å². The maximum atomic E-state index is 12.7. The third kappa shape index (κ3) is 5.84. The Morgan fingerprint density at radius 1 is 1.21 bits per heavy atom. The second-order valence-corrected chi connectivity index (χ2v) is 9.02. The predicted molar refractivity (Wildman–Crippen MR) is 117 cm³/mol. The number of amides is 2. The first-order valence-corrected chi connectivity index (χ1v) is 12.0. The number of fused-ring (bicyclic) bond motifs is 1. The Hall–Kier alpha value is -1.83. The lowest BCUT2D eigenvalue weighted by Crippen LogP contribution is -2.52. The normalized spacial score (nSPS) is 18.1. The Bertz CT molecular complexity index is 734. The zero-order chi connectivity index (χ0) is 20.8. The van der Waals surface area contributed by atoms with Crippen molar-refractivity contribution in [3.63, 3.8) is 0 Å². The fraction of sp³-hybridized carbons (Fsp3) is 0.714. The molecule has 0 bridgehead atoms. The van der Waals surface area contributed by atoms with Crippen LogP contribution in [0.1, 0.15) is 56.1 Å². The highest BCUT2D eigenvalue weighted by molar-refractivity contribution is 7.98. The SMILES string of the molecule is CSCCC(NC(C)=O)C(=O)NC1CCN(c2nc(C)nc3c2CCCC3)CC1. The van der Waals surface area contributed by atoms with Gasteiger partial charge in [0.25, 0.3) is 0 Å². The number of nitrogens with zero attached hydrogens (tertiary/aromatic N) is 3. The molecule has 1 unspecified atom stereocenters. The summed E-state index contributed by atoms with van der Waals surface area (Å²) >= 11 is 1.68. The molecule has 29 heavy (non-hydrogen) atoms. The number of carbonyl (C=O) groups is 2. The summed E-state index contributed by atoms with van der Waals surface area (Å²) in [4.78, 5) is 35.9. The van der Waals surface area contributed by atoms with E-state index in [-0.39, 0.29) is 17.9 Å². The van der Waals surface area contributed by atoms with E-state index in [2.05, 4.69) is 20.5 Å². The quantitative estimate of drug-likeness (QED) is 0.703. The summed E-state index contributed by atoms with van der Waals surface area (Å²) in [7, 11) is 0. The monoisotopic (exact) mass is 419 g/mol. The number of thioether (sulfide) groups is 1. The van der Waals surface area contributed by atoms with E-state index >= 15 is 0 Å². The van der Waals surface area contributed by atoms with Gasteiger partial charge in [-0.1, -0.05) is 0 Å². The van der Waals surface area contributed by atoms with E-state index in [1.807, 2.05) is 13.2 Å². The molecule has 7 nitrogen and oxygen atoms in total. The average Bonchev–Trinajstić information content (AvgIpc) is 2.70. The number of carbonyl (C=O) groups excluding carboxylic acids is 2. The second-order valence-electron chi connectivity index (χ2n) is 8.03. The van der Waals surface area contributed by atoms with Crippen molar-refractivity contribution in [1.29, 1.82) is 0 Å². The molecule has 1 aromatic heterocycles. The number of nitrogens with one attached hydrogen (secondary N) is 2. The third-order valence-electron chi connectivity index (χ3n) is 5.72. The number of aryl methyl sites for hydroxylation is 2. The molecule has 2 N–H and O–H groups in total. The van der Waals surface area contributed by atoms with E-state index < -0.39 is 6.04 Å². The van der Waals surface area contributed by atoms with Crippen LogP contribution in [0.25, 0.3) is 0 Å². The van der Waals surface area contributed by atoms with Crippen LogP contribution in [0.2, 0.25) is 0 Å². The largest absolute Gasteiger partial charge is 0.356 e. The van der Waals surface area contributed by atoms with Gasteiger partial charge in [-0.05, 0) is 63.9 Å². The van der Waals surface area contributed by atoms with Gasteiger partial charge in [-0.3, -0.25) is 9.59 Å². The first-order valence-electron chi connectivity index (χ1n) is 10.7. The fourth-order valence-electron chi connectivity index (χ4n) is 4.24. The zero-order valence-electron chi connectivity index (χ0n) is 17.8. The number of piperidine rings is 1. The van der Waals surface area contributed by atoms with Crippen molar-refractivity contribution in [2.45, 2.75) is 70.9 Å². The fourth-order valence-corrected chi connectivity index (χ4v) is 4.71. The first kappa shape index (κ1) is 21.9. The lowest BCUT2D eigenvalue weighted by Gasteiger charge is -2.35. The van der Waals surface area contributed by atoms with Crippen molar-refractivity contribution in [2.24, 2.45) is 0 Å². The Kier molecular flexibility index (Phi) is 7.75. The lowest BCUT2D eigenvalue weighted by molar-refractivity contribution is -0.128. The van der Waals surface area contributed by atoms with Crippen LogP contribution in [0.15, 0.2) is 0 Å². The summed E-state index contributed by atoms with van der Waals surface area (Å²) in [6.07, 6.45) is 8.97. The Balaban J connectivity index is 1.58. The number of anilines is 1. The molecule has 1 atom stereocenters. The topological polar surface area (TPSA) is 87.2 Å². The van der Waals surface area contributed by atoms with Gasteiger partial charge >= 0.3 is 0 Å². The predicted octanol–water partition coefficient (Wildman–Crippen LogP) is 2.01. The minimum Gasteiger partial charge on any atom is -0.356 e. The van der Waals surface area contributed by atoms with Crippen molar-refractivity contribution in [3.8, 4) is 0 Å². The highest BCUT2D eigenvalue weighted by Gasteiger charge is 2.28. The van der Waals surface area contributed by atoms with Crippen molar-refractivity contribution in [3.05, 3.63) is 17.1 Å². The van der Waals surface area contributed by atoms with Crippen molar-refractivity contribution in [1.82, 2.24) is 20.6 Å². The van der Waals surface area contributed by atoms with Crippen LogP contribution in [-0.4, -0.2) is 59.0 Å². The highest BCUT2D eigenvalue weighted by Crippen LogP contribution is 2.29. The summed E-state index contributed by atoms with van der Waals surface area (Å²) in [6, 6.07) is -0.308. The molecule has 3 rings (SSSR count). The van der Waals surface area contributed by atoms with Crippen LogP contribution in [0, 0.1) is 6.92 Å². The summed E-state index contributed by atoms with van der Waals surface area (Å²) in [5, 5.41) is 5.94. The molecule has 0 saturated carbocycles. The van der Waals surface area contributed by atoms with Gasteiger partial charge in [0.1, 0.15) is 17.7 Å². The van der Waals surface area contributed by atoms with E-state index in [4.69, 9.17) is 4.98 Å². The summed E-state index contributed by atoms with van der Waals surface area (Å²) in [5.41, 5.74) is 2.55. The molecule has 160 valence electrons. The molecule has 0 spiro atoms. The van der Waals surface area contributed by atoms with E-state index in [0.29, 0.717) is 6.42 Å². The average molecular weight is 420 g/mol. The van der Waals surface area contributed by atoms with E-state index in [9.17, 15) is 9.59 Å². The minimum absolute atomic E-state index is 0.0667. The number of aromatic nitrogens is 2. The van der Waals surface area contributed by atoms with Gasteiger partial charge in [0.2, 0.25) is 11.8 Å². The third-order valence-corrected chi connectivity index (χ3v) is 6.36. The van der Waals surface area contributed by atoms with Crippen molar-refractivity contribution < 1.29 is 9.59 Å². The van der Waals surface area contributed by atoms with Crippen LogP contribution in [0.5, 0.6) is 0 Å². The van der Waals surface area contributed by atoms with Gasteiger partial charge in [0.05, 0.1) is 0 Å². The molecular weight excluding hydrogens is 386 g/mol. The van der Waals surface area contributed by atoms with Crippen molar-refractivity contribution >= 4 is 29.4 Å². The van der Waals surface area contributed by atoms with Crippen molar-refractivity contribution in [2.75, 3.05) is 30.0 Å². The van der Waals surface area contributed by atoms with Crippen LogP contribution in [0.4, 0.5) is 5.82 Å².